The highest BCUT2D eigenvalue weighted by atomic mass is 16.3. The van der Waals surface area contributed by atoms with Crippen LogP contribution in [0, 0.1) is 0 Å². The van der Waals surface area contributed by atoms with Gasteiger partial charge in [0.05, 0.1) is 11.9 Å². The summed E-state index contributed by atoms with van der Waals surface area (Å²) in [6.07, 6.45) is 2.19. The van der Waals surface area contributed by atoms with E-state index in [1.165, 1.54) is 0 Å². The van der Waals surface area contributed by atoms with Gasteiger partial charge in [-0.05, 0) is 19.4 Å². The maximum atomic E-state index is 10.5. The fourth-order valence-corrected chi connectivity index (χ4v) is 1.99. The second-order valence-electron chi connectivity index (χ2n) is 4.37. The molecule has 0 aliphatic heterocycles. The maximum Gasteiger partial charge on any atom is 0.109 e. The molecule has 0 aliphatic carbocycles. The van der Waals surface area contributed by atoms with E-state index in [4.69, 9.17) is 0 Å². The Bertz CT molecular complexity index is 476. The van der Waals surface area contributed by atoms with Crippen molar-refractivity contribution < 1.29 is 5.11 Å². The minimum absolute atomic E-state index is 0.557. The van der Waals surface area contributed by atoms with Gasteiger partial charge in [-0.3, -0.25) is 0 Å². The molecule has 1 atom stereocenters. The predicted octanol–water partition coefficient (Wildman–Crippen LogP) is 1.75. The van der Waals surface area contributed by atoms with Crippen LogP contribution in [0.5, 0.6) is 0 Å². The third-order valence-corrected chi connectivity index (χ3v) is 2.86. The minimum Gasteiger partial charge on any atom is -0.383 e. The lowest BCUT2D eigenvalue weighted by atomic mass is 9.93. The zero-order valence-electron chi connectivity index (χ0n) is 10.2. The SMILES string of the molecule is CCn1nncc1C(C)(O)Cc1ccccc1. The summed E-state index contributed by atoms with van der Waals surface area (Å²) < 4.78 is 1.73. The molecule has 2 aromatic rings. The quantitative estimate of drug-likeness (QED) is 0.872. The van der Waals surface area contributed by atoms with Gasteiger partial charge in [0.15, 0.2) is 0 Å². The molecule has 0 saturated carbocycles. The second kappa shape index (κ2) is 4.67. The predicted molar refractivity (Wildman–Crippen MR) is 65.4 cm³/mol. The molecule has 0 aliphatic rings. The first-order valence-corrected chi connectivity index (χ1v) is 5.79. The summed E-state index contributed by atoms with van der Waals surface area (Å²) >= 11 is 0. The number of aromatic nitrogens is 3. The van der Waals surface area contributed by atoms with Gasteiger partial charge in [-0.25, -0.2) is 4.68 Å². The van der Waals surface area contributed by atoms with Gasteiger partial charge in [0, 0.05) is 13.0 Å². The molecule has 0 saturated heterocycles. The first-order chi connectivity index (χ1) is 8.13. The largest absolute Gasteiger partial charge is 0.383 e. The maximum absolute atomic E-state index is 10.5. The molecular formula is C13H17N3O. The van der Waals surface area contributed by atoms with E-state index in [2.05, 4.69) is 10.3 Å². The third-order valence-electron chi connectivity index (χ3n) is 2.86. The first-order valence-electron chi connectivity index (χ1n) is 5.79. The summed E-state index contributed by atoms with van der Waals surface area (Å²) in [6.45, 7) is 4.49. The van der Waals surface area contributed by atoms with Crippen LogP contribution in [0.4, 0.5) is 0 Å². The van der Waals surface area contributed by atoms with Crippen LogP contribution in [0.15, 0.2) is 36.5 Å². The summed E-state index contributed by atoms with van der Waals surface area (Å²) in [5, 5.41) is 18.3. The topological polar surface area (TPSA) is 50.9 Å². The standard InChI is InChI=1S/C13H17N3O/c1-3-16-12(10-14-15-16)13(2,17)9-11-7-5-4-6-8-11/h4-8,10,17H,3,9H2,1-2H3. The van der Waals surface area contributed by atoms with E-state index < -0.39 is 5.60 Å². The summed E-state index contributed by atoms with van der Waals surface area (Å²) in [7, 11) is 0. The molecule has 1 heterocycles. The van der Waals surface area contributed by atoms with Gasteiger partial charge in [0.1, 0.15) is 5.60 Å². The summed E-state index contributed by atoms with van der Waals surface area (Å²) in [6, 6.07) is 9.93. The van der Waals surface area contributed by atoms with Crippen molar-refractivity contribution in [1.29, 1.82) is 0 Å². The second-order valence-corrected chi connectivity index (χ2v) is 4.37. The van der Waals surface area contributed by atoms with Crippen LogP contribution < -0.4 is 0 Å². The van der Waals surface area contributed by atoms with E-state index in [1.54, 1.807) is 17.8 Å². The van der Waals surface area contributed by atoms with Crippen LogP contribution in [0.25, 0.3) is 0 Å². The van der Waals surface area contributed by atoms with Crippen molar-refractivity contribution >= 4 is 0 Å². The average Bonchev–Trinajstić information content (AvgIpc) is 2.78. The van der Waals surface area contributed by atoms with Gasteiger partial charge >= 0.3 is 0 Å². The number of aliphatic hydroxyl groups is 1. The third kappa shape index (κ3) is 2.53. The molecule has 17 heavy (non-hydrogen) atoms. The van der Waals surface area contributed by atoms with Gasteiger partial charge < -0.3 is 5.11 Å². The molecule has 0 bridgehead atoms. The van der Waals surface area contributed by atoms with Gasteiger partial charge in [-0.1, -0.05) is 35.5 Å². The summed E-state index contributed by atoms with van der Waals surface area (Å²) in [5.74, 6) is 0. The van der Waals surface area contributed by atoms with E-state index in [-0.39, 0.29) is 0 Å². The number of hydrogen-bond donors (Lipinski definition) is 1. The Labute approximate surface area is 101 Å². The van der Waals surface area contributed by atoms with Gasteiger partial charge in [-0.15, -0.1) is 5.10 Å². The monoisotopic (exact) mass is 231 g/mol. The molecule has 1 aromatic heterocycles. The Kier molecular flexibility index (Phi) is 3.24. The molecule has 4 nitrogen and oxygen atoms in total. The molecule has 0 spiro atoms. The molecule has 4 heteroatoms. The van der Waals surface area contributed by atoms with Crippen molar-refractivity contribution in [1.82, 2.24) is 15.0 Å². The zero-order chi connectivity index (χ0) is 12.3. The number of nitrogens with zero attached hydrogens (tertiary/aromatic N) is 3. The van der Waals surface area contributed by atoms with Crippen molar-refractivity contribution in [2.75, 3.05) is 0 Å². The van der Waals surface area contributed by atoms with Crippen molar-refractivity contribution in [3.63, 3.8) is 0 Å². The van der Waals surface area contributed by atoms with Gasteiger partial charge in [0.25, 0.3) is 0 Å². The molecule has 90 valence electrons. The Morgan fingerprint density at radius 1 is 1.29 bits per heavy atom. The molecular weight excluding hydrogens is 214 g/mol. The van der Waals surface area contributed by atoms with Crippen LogP contribution in [-0.2, 0) is 18.6 Å². The van der Waals surface area contributed by atoms with E-state index >= 15 is 0 Å². The van der Waals surface area contributed by atoms with E-state index in [9.17, 15) is 5.11 Å². The van der Waals surface area contributed by atoms with E-state index in [1.807, 2.05) is 37.3 Å². The number of benzene rings is 1. The molecule has 2 rings (SSSR count). The molecule has 0 radical (unpaired) electrons. The highest BCUT2D eigenvalue weighted by Crippen LogP contribution is 2.24. The fourth-order valence-electron chi connectivity index (χ4n) is 1.99. The van der Waals surface area contributed by atoms with Gasteiger partial charge in [0.2, 0.25) is 0 Å². The van der Waals surface area contributed by atoms with E-state index in [0.717, 1.165) is 11.3 Å². The van der Waals surface area contributed by atoms with Crippen molar-refractivity contribution in [2.45, 2.75) is 32.4 Å². The molecule has 0 amide bonds. The smallest absolute Gasteiger partial charge is 0.109 e. The highest BCUT2D eigenvalue weighted by molar-refractivity contribution is 5.20. The number of hydrogen-bond acceptors (Lipinski definition) is 3. The normalized spacial score (nSPS) is 14.5. The molecule has 1 N–H and O–H groups in total. The number of rotatable bonds is 4. The van der Waals surface area contributed by atoms with Crippen molar-refractivity contribution in [3.8, 4) is 0 Å². The van der Waals surface area contributed by atoms with Crippen LogP contribution in [0.3, 0.4) is 0 Å². The Balaban J connectivity index is 2.25. The lowest BCUT2D eigenvalue weighted by Gasteiger charge is -2.23. The zero-order valence-corrected chi connectivity index (χ0v) is 10.2. The van der Waals surface area contributed by atoms with Crippen LogP contribution in [0.2, 0.25) is 0 Å². The van der Waals surface area contributed by atoms with Gasteiger partial charge in [-0.2, -0.15) is 0 Å². The van der Waals surface area contributed by atoms with Crippen LogP contribution >= 0.6 is 0 Å². The lowest BCUT2D eigenvalue weighted by Crippen LogP contribution is -2.28. The van der Waals surface area contributed by atoms with Crippen LogP contribution in [-0.4, -0.2) is 20.1 Å². The Hall–Kier alpha value is -1.68. The molecule has 0 fully saturated rings. The Morgan fingerprint density at radius 2 is 2.00 bits per heavy atom. The number of aryl methyl sites for hydroxylation is 1. The van der Waals surface area contributed by atoms with Crippen molar-refractivity contribution in [3.05, 3.63) is 47.8 Å². The van der Waals surface area contributed by atoms with Crippen molar-refractivity contribution in [2.24, 2.45) is 0 Å². The summed E-state index contributed by atoms with van der Waals surface area (Å²) in [5.41, 5.74) is 0.908. The summed E-state index contributed by atoms with van der Waals surface area (Å²) in [4.78, 5) is 0. The average molecular weight is 231 g/mol. The highest BCUT2D eigenvalue weighted by Gasteiger charge is 2.27. The van der Waals surface area contributed by atoms with E-state index in [0.29, 0.717) is 13.0 Å². The van der Waals surface area contributed by atoms with Crippen LogP contribution in [0.1, 0.15) is 25.1 Å². The lowest BCUT2D eigenvalue weighted by molar-refractivity contribution is 0.0480. The minimum atomic E-state index is -0.944. The molecule has 1 unspecified atom stereocenters. The first kappa shape index (κ1) is 11.8. The Morgan fingerprint density at radius 3 is 2.65 bits per heavy atom. The molecule has 1 aromatic carbocycles. The fraction of sp³-hybridized carbons (Fsp3) is 0.385.